The minimum atomic E-state index is -4.24. The normalized spacial score (nSPS) is 12.0. The highest BCUT2D eigenvalue weighted by atomic mass is 32.1. The van der Waals surface area contributed by atoms with Gasteiger partial charge in [0, 0.05) is 22.5 Å². The zero-order valence-corrected chi connectivity index (χ0v) is 33.5. The number of nitrogens with zero attached hydrogens (tertiary/aromatic N) is 2. The number of hydrogen-bond acceptors (Lipinski definition) is 7. The molecule has 8 aromatic rings. The maximum absolute atomic E-state index is 12.3. The Labute approximate surface area is 350 Å². The summed E-state index contributed by atoms with van der Waals surface area (Å²) in [6.07, 6.45) is -0.707. The van der Waals surface area contributed by atoms with E-state index >= 15 is 0 Å². The first-order valence-electron chi connectivity index (χ1n) is 18.6. The molecule has 0 unspecified atom stereocenters. The highest BCUT2D eigenvalue weighted by Crippen LogP contribution is 2.33. The van der Waals surface area contributed by atoms with Crippen molar-refractivity contribution in [1.29, 1.82) is 0 Å². The summed E-state index contributed by atoms with van der Waals surface area (Å²) in [7, 11) is 0. The lowest BCUT2D eigenvalue weighted by Gasteiger charge is -2.09. The van der Waals surface area contributed by atoms with E-state index in [0.29, 0.717) is 11.4 Å². The number of benzene rings is 6. The Morgan fingerprint density at radius 1 is 0.500 bits per heavy atom. The van der Waals surface area contributed by atoms with Crippen molar-refractivity contribution in [3.63, 3.8) is 0 Å². The molecule has 0 aliphatic rings. The van der Waals surface area contributed by atoms with Gasteiger partial charge in [0.1, 0.15) is 28.9 Å². The van der Waals surface area contributed by atoms with Crippen LogP contribution in [0.3, 0.4) is 0 Å². The van der Waals surface area contributed by atoms with Gasteiger partial charge in [0.05, 0.1) is 20.4 Å². The van der Waals surface area contributed by atoms with Crippen molar-refractivity contribution in [2.75, 3.05) is 23.7 Å². The minimum absolute atomic E-state index is 0.224. The molecule has 8 rings (SSSR count). The van der Waals surface area contributed by atoms with Crippen molar-refractivity contribution >= 4 is 78.8 Å². The number of alkyl halides is 6. The highest BCUT2D eigenvalue weighted by Gasteiger charge is 2.27. The standard InChI is InChI=1S/C24H19F3N2S.C23H17F3N2OS/c1-16-2-13-21-22(14-16)30-23(29-21)19-9-5-17(6-10-19)3-4-18-7-11-20(12-8-18)28-15-24(25,26)27;24-23(25,26)14-27-18-9-5-16(6-10-18)2-1-15-3-7-17(8-4-15)22-28-20-12-11-19(29)13-21(20)30-22/h2-14,28H,15H2,1H3;1-13,27,29H,14H2/b4-3+;2-1+. The maximum atomic E-state index is 12.3. The summed E-state index contributed by atoms with van der Waals surface area (Å²) in [5.41, 5.74) is 9.87. The Bertz CT molecular complexity index is 2550. The molecule has 3 N–H and O–H groups in total. The summed E-state index contributed by atoms with van der Waals surface area (Å²) in [5.74, 6) is 0.224. The second-order valence-corrected chi connectivity index (χ2v) is 15.8. The number of halogens is 6. The van der Waals surface area contributed by atoms with Crippen LogP contribution in [-0.2, 0) is 0 Å². The predicted molar refractivity (Wildman–Crippen MR) is 236 cm³/mol. The van der Waals surface area contributed by atoms with Crippen LogP contribution in [0, 0.1) is 6.92 Å². The van der Waals surface area contributed by atoms with Crippen LogP contribution < -0.4 is 10.6 Å². The SMILES string of the molecule is Cc1ccc2nc(-c3ccc(/C=C/c4ccc(NCC(F)(F)F)cc4)cc3)sc2c1.Oc1ccc2nc(-c3ccc(/C=C/c4ccc(NCC(F)(F)F)cc4)cc3)sc2c1. The van der Waals surface area contributed by atoms with Crippen LogP contribution in [0.5, 0.6) is 5.75 Å². The molecular formula is C47H36F6N4OS2. The van der Waals surface area contributed by atoms with Crippen LogP contribution in [0.25, 0.3) is 65.9 Å². The lowest BCUT2D eigenvalue weighted by molar-refractivity contribution is -0.116. The molecule has 0 saturated heterocycles. The average molecular weight is 851 g/mol. The average Bonchev–Trinajstić information content (AvgIpc) is 3.85. The lowest BCUT2D eigenvalue weighted by Crippen LogP contribution is -2.21. The molecule has 0 radical (unpaired) electrons. The molecule has 0 bridgehead atoms. The second-order valence-electron chi connectivity index (χ2n) is 13.8. The number of anilines is 2. The van der Waals surface area contributed by atoms with Gasteiger partial charge in [0.15, 0.2) is 0 Å². The van der Waals surface area contributed by atoms with E-state index in [1.54, 1.807) is 78.1 Å². The summed E-state index contributed by atoms with van der Waals surface area (Å²) in [5, 5.41) is 16.2. The van der Waals surface area contributed by atoms with Gasteiger partial charge in [-0.2, -0.15) is 26.3 Å². The Balaban J connectivity index is 0.000000181. The van der Waals surface area contributed by atoms with Crippen LogP contribution in [0.2, 0.25) is 0 Å². The van der Waals surface area contributed by atoms with Crippen LogP contribution in [0.1, 0.15) is 27.8 Å². The van der Waals surface area contributed by atoms with Crippen molar-refractivity contribution in [2.45, 2.75) is 19.3 Å². The van der Waals surface area contributed by atoms with E-state index in [2.05, 4.69) is 34.7 Å². The molecule has 2 aromatic heterocycles. The number of aromatic hydroxyl groups is 1. The van der Waals surface area contributed by atoms with Crippen molar-refractivity contribution in [3.05, 3.63) is 161 Å². The van der Waals surface area contributed by atoms with Gasteiger partial charge < -0.3 is 15.7 Å². The molecule has 2 heterocycles. The minimum Gasteiger partial charge on any atom is -0.508 e. The number of fused-ring (bicyclic) bond motifs is 2. The Hall–Kier alpha value is -6.44. The van der Waals surface area contributed by atoms with E-state index < -0.39 is 25.4 Å². The van der Waals surface area contributed by atoms with Crippen molar-refractivity contribution in [3.8, 4) is 26.9 Å². The first-order chi connectivity index (χ1) is 28.7. The smallest absolute Gasteiger partial charge is 0.405 e. The zero-order chi connectivity index (χ0) is 42.3. The summed E-state index contributed by atoms with van der Waals surface area (Å²) in [6, 6.07) is 41.1. The number of thiazole rings is 2. The fraction of sp³-hybridized carbons (Fsp3) is 0.106. The molecule has 13 heteroatoms. The van der Waals surface area contributed by atoms with Crippen LogP contribution in [0.4, 0.5) is 37.7 Å². The Morgan fingerprint density at radius 2 is 0.867 bits per heavy atom. The summed E-state index contributed by atoms with van der Waals surface area (Å²) >= 11 is 3.20. The zero-order valence-electron chi connectivity index (χ0n) is 31.9. The predicted octanol–water partition coefficient (Wildman–Crippen LogP) is 14.2. The topological polar surface area (TPSA) is 70.1 Å². The van der Waals surface area contributed by atoms with Crippen LogP contribution in [0.15, 0.2) is 133 Å². The highest BCUT2D eigenvalue weighted by molar-refractivity contribution is 7.22. The van der Waals surface area contributed by atoms with E-state index in [9.17, 15) is 31.4 Å². The summed E-state index contributed by atoms with van der Waals surface area (Å²) in [4.78, 5) is 9.31. The van der Waals surface area contributed by atoms with Gasteiger partial charge in [-0.1, -0.05) is 103 Å². The quantitative estimate of drug-likeness (QED) is 0.0944. The molecule has 0 fully saturated rings. The molecule has 0 spiro atoms. The van der Waals surface area contributed by atoms with Gasteiger partial charge in [-0.05, 0) is 89.3 Å². The Morgan fingerprint density at radius 3 is 1.27 bits per heavy atom. The van der Waals surface area contributed by atoms with Gasteiger partial charge in [0.25, 0.3) is 0 Å². The van der Waals surface area contributed by atoms with Gasteiger partial charge in [-0.15, -0.1) is 22.7 Å². The third kappa shape index (κ3) is 11.8. The van der Waals surface area contributed by atoms with Crippen molar-refractivity contribution < 1.29 is 31.4 Å². The van der Waals surface area contributed by atoms with Gasteiger partial charge in [0.2, 0.25) is 0 Å². The van der Waals surface area contributed by atoms with E-state index in [0.717, 1.165) is 59.1 Å². The third-order valence-electron chi connectivity index (χ3n) is 8.97. The number of rotatable bonds is 10. The maximum Gasteiger partial charge on any atom is 0.405 e. The second kappa shape index (κ2) is 18.2. The number of phenols is 1. The molecule has 60 heavy (non-hydrogen) atoms. The molecule has 304 valence electrons. The third-order valence-corrected chi connectivity index (χ3v) is 11.1. The fourth-order valence-corrected chi connectivity index (χ4v) is 7.95. The van der Waals surface area contributed by atoms with Crippen LogP contribution >= 0.6 is 22.7 Å². The molecule has 5 nitrogen and oxygen atoms in total. The number of aromatic nitrogens is 2. The van der Waals surface area contributed by atoms with E-state index in [4.69, 9.17) is 4.98 Å². The first kappa shape index (κ1) is 41.7. The monoisotopic (exact) mass is 850 g/mol. The number of nitrogens with one attached hydrogen (secondary N) is 2. The molecule has 0 aliphatic heterocycles. The lowest BCUT2D eigenvalue weighted by atomic mass is 10.1. The number of phenolic OH excluding ortho intramolecular Hbond substituents is 1. The fourth-order valence-electron chi connectivity index (χ4n) is 5.88. The van der Waals surface area contributed by atoms with E-state index in [1.807, 2.05) is 78.9 Å². The van der Waals surface area contributed by atoms with Gasteiger partial charge in [-0.25, -0.2) is 9.97 Å². The van der Waals surface area contributed by atoms with Crippen LogP contribution in [-0.4, -0.2) is 40.5 Å². The van der Waals surface area contributed by atoms with Gasteiger partial charge >= 0.3 is 12.4 Å². The molecule has 0 atom stereocenters. The summed E-state index contributed by atoms with van der Waals surface area (Å²) in [6.45, 7) is -0.0142. The molecule has 0 amide bonds. The molecule has 0 saturated carbocycles. The first-order valence-corrected chi connectivity index (χ1v) is 20.2. The van der Waals surface area contributed by atoms with Crippen molar-refractivity contribution in [2.24, 2.45) is 0 Å². The molecule has 0 aliphatic carbocycles. The number of aryl methyl sites for hydroxylation is 1. The largest absolute Gasteiger partial charge is 0.508 e. The summed E-state index contributed by atoms with van der Waals surface area (Å²) < 4.78 is 75.6. The van der Waals surface area contributed by atoms with Gasteiger partial charge in [-0.3, -0.25) is 0 Å². The van der Waals surface area contributed by atoms with Crippen molar-refractivity contribution in [1.82, 2.24) is 9.97 Å². The van der Waals surface area contributed by atoms with E-state index in [1.165, 1.54) is 21.6 Å². The molecular weight excluding hydrogens is 815 g/mol. The number of hydrogen-bond donors (Lipinski definition) is 3. The van der Waals surface area contributed by atoms with E-state index in [-0.39, 0.29) is 5.75 Å². The Kier molecular flexibility index (Phi) is 12.7. The molecule has 6 aromatic carbocycles.